The van der Waals surface area contributed by atoms with Gasteiger partial charge >= 0.3 is 6.09 Å². The summed E-state index contributed by atoms with van der Waals surface area (Å²) in [5.41, 5.74) is -0.471. The van der Waals surface area contributed by atoms with Crippen LogP contribution in [0.2, 0.25) is 0 Å². The molecule has 0 bridgehead atoms. The number of carbonyl (C=O) groups excluding carboxylic acids is 1. The van der Waals surface area contributed by atoms with Gasteiger partial charge < -0.3 is 14.4 Å². The average molecular weight is 292 g/mol. The summed E-state index contributed by atoms with van der Waals surface area (Å²) in [6, 6.07) is 5.60. The van der Waals surface area contributed by atoms with Crippen molar-refractivity contribution in [3.8, 4) is 5.88 Å². The maximum absolute atomic E-state index is 12.3. The molecule has 21 heavy (non-hydrogen) atoms. The van der Waals surface area contributed by atoms with Gasteiger partial charge in [-0.2, -0.15) is 0 Å². The standard InChI is InChI=1S/C16H24N2O3/c1-16(2,3)21-15(19)18-11-7-5-8-13(18)12-20-14-9-4-6-10-17-14/h4,6,9-10,13H,5,7-8,11-12H2,1-3H3. The van der Waals surface area contributed by atoms with Gasteiger partial charge in [-0.15, -0.1) is 0 Å². The molecule has 1 aromatic heterocycles. The Kier molecular flexibility index (Phi) is 5.04. The van der Waals surface area contributed by atoms with E-state index in [0.717, 1.165) is 25.8 Å². The van der Waals surface area contributed by atoms with Crippen LogP contribution in [0.25, 0.3) is 0 Å². The van der Waals surface area contributed by atoms with Crippen molar-refractivity contribution >= 4 is 6.09 Å². The van der Waals surface area contributed by atoms with E-state index >= 15 is 0 Å². The van der Waals surface area contributed by atoms with Gasteiger partial charge in [-0.05, 0) is 46.1 Å². The molecule has 1 fully saturated rings. The number of hydrogen-bond donors (Lipinski definition) is 0. The van der Waals surface area contributed by atoms with Gasteiger partial charge in [0.2, 0.25) is 5.88 Å². The lowest BCUT2D eigenvalue weighted by Crippen LogP contribution is -2.48. The van der Waals surface area contributed by atoms with Crippen LogP contribution in [-0.4, -0.2) is 40.8 Å². The minimum absolute atomic E-state index is 0.0515. The minimum atomic E-state index is -0.471. The van der Waals surface area contributed by atoms with Gasteiger partial charge in [-0.3, -0.25) is 0 Å². The quantitative estimate of drug-likeness (QED) is 0.858. The first kappa shape index (κ1) is 15.6. The van der Waals surface area contributed by atoms with E-state index in [4.69, 9.17) is 9.47 Å². The highest BCUT2D eigenvalue weighted by atomic mass is 16.6. The highest BCUT2D eigenvalue weighted by molar-refractivity contribution is 5.68. The molecule has 0 N–H and O–H groups in total. The normalized spacial score (nSPS) is 19.2. The number of hydrogen-bond acceptors (Lipinski definition) is 4. The summed E-state index contributed by atoms with van der Waals surface area (Å²) in [7, 11) is 0. The number of nitrogens with zero attached hydrogens (tertiary/aromatic N) is 2. The summed E-state index contributed by atoms with van der Waals surface area (Å²) < 4.78 is 11.2. The summed E-state index contributed by atoms with van der Waals surface area (Å²) in [5.74, 6) is 0.590. The van der Waals surface area contributed by atoms with E-state index in [1.54, 1.807) is 11.1 Å². The molecule has 2 heterocycles. The van der Waals surface area contributed by atoms with E-state index in [9.17, 15) is 4.79 Å². The van der Waals surface area contributed by atoms with Crippen molar-refractivity contribution in [2.24, 2.45) is 0 Å². The predicted octanol–water partition coefficient (Wildman–Crippen LogP) is 3.25. The van der Waals surface area contributed by atoms with E-state index in [1.165, 1.54) is 0 Å². The molecule has 0 saturated carbocycles. The molecule has 5 nitrogen and oxygen atoms in total. The van der Waals surface area contributed by atoms with Gasteiger partial charge in [0.1, 0.15) is 12.2 Å². The Morgan fingerprint density at radius 1 is 1.38 bits per heavy atom. The maximum atomic E-state index is 12.3. The lowest BCUT2D eigenvalue weighted by atomic mass is 10.0. The largest absolute Gasteiger partial charge is 0.475 e. The van der Waals surface area contributed by atoms with Crippen molar-refractivity contribution in [3.05, 3.63) is 24.4 Å². The molecule has 0 aliphatic carbocycles. The topological polar surface area (TPSA) is 51.7 Å². The Labute approximate surface area is 126 Å². The molecular formula is C16H24N2O3. The zero-order chi connectivity index (χ0) is 15.3. The SMILES string of the molecule is CC(C)(C)OC(=O)N1CCCCC1COc1ccccn1. The van der Waals surface area contributed by atoms with E-state index in [-0.39, 0.29) is 12.1 Å². The number of rotatable bonds is 3. The summed E-state index contributed by atoms with van der Waals surface area (Å²) in [6.45, 7) is 6.83. The van der Waals surface area contributed by atoms with Gasteiger partial charge in [0.15, 0.2) is 0 Å². The fraction of sp³-hybridized carbons (Fsp3) is 0.625. The second-order valence-electron chi connectivity index (χ2n) is 6.30. The Hall–Kier alpha value is -1.78. The van der Waals surface area contributed by atoms with Gasteiger partial charge in [0, 0.05) is 18.8 Å². The molecule has 5 heteroatoms. The number of piperidine rings is 1. The van der Waals surface area contributed by atoms with Crippen molar-refractivity contribution < 1.29 is 14.3 Å². The molecule has 1 atom stereocenters. The second-order valence-corrected chi connectivity index (χ2v) is 6.30. The van der Waals surface area contributed by atoms with Crippen LogP contribution in [0, 0.1) is 0 Å². The molecule has 1 saturated heterocycles. The van der Waals surface area contributed by atoms with Crippen LogP contribution in [0.4, 0.5) is 4.79 Å². The Balaban J connectivity index is 1.94. The van der Waals surface area contributed by atoms with Crippen LogP contribution in [0.3, 0.4) is 0 Å². The van der Waals surface area contributed by atoms with Gasteiger partial charge in [-0.1, -0.05) is 6.07 Å². The van der Waals surface area contributed by atoms with E-state index in [0.29, 0.717) is 12.5 Å². The molecule has 1 aliphatic heterocycles. The molecule has 0 spiro atoms. The van der Waals surface area contributed by atoms with Crippen LogP contribution in [0.1, 0.15) is 40.0 Å². The van der Waals surface area contributed by atoms with Crippen LogP contribution in [-0.2, 0) is 4.74 Å². The van der Waals surface area contributed by atoms with Crippen molar-refractivity contribution in [2.75, 3.05) is 13.2 Å². The molecule has 1 aliphatic rings. The predicted molar refractivity (Wildman–Crippen MR) is 80.3 cm³/mol. The highest BCUT2D eigenvalue weighted by Crippen LogP contribution is 2.21. The molecule has 1 amide bonds. The fourth-order valence-corrected chi connectivity index (χ4v) is 2.35. The van der Waals surface area contributed by atoms with Crippen LogP contribution >= 0.6 is 0 Å². The summed E-state index contributed by atoms with van der Waals surface area (Å²) in [6.07, 6.45) is 4.50. The van der Waals surface area contributed by atoms with E-state index in [2.05, 4.69) is 4.98 Å². The fourth-order valence-electron chi connectivity index (χ4n) is 2.35. The third kappa shape index (κ3) is 4.92. The monoisotopic (exact) mass is 292 g/mol. The Morgan fingerprint density at radius 3 is 2.86 bits per heavy atom. The van der Waals surface area contributed by atoms with Crippen LogP contribution < -0.4 is 4.74 Å². The first-order chi connectivity index (χ1) is 9.96. The zero-order valence-corrected chi connectivity index (χ0v) is 13.0. The molecule has 0 radical (unpaired) electrons. The smallest absolute Gasteiger partial charge is 0.410 e. The second kappa shape index (κ2) is 6.78. The molecule has 2 rings (SSSR count). The van der Waals surface area contributed by atoms with E-state index < -0.39 is 5.60 Å². The molecular weight excluding hydrogens is 268 g/mol. The number of aromatic nitrogens is 1. The first-order valence-electron chi connectivity index (χ1n) is 7.49. The lowest BCUT2D eigenvalue weighted by molar-refractivity contribution is 0.00335. The highest BCUT2D eigenvalue weighted by Gasteiger charge is 2.30. The first-order valence-corrected chi connectivity index (χ1v) is 7.49. The van der Waals surface area contributed by atoms with Gasteiger partial charge in [-0.25, -0.2) is 9.78 Å². The van der Waals surface area contributed by atoms with Crippen molar-refractivity contribution in [1.29, 1.82) is 0 Å². The lowest BCUT2D eigenvalue weighted by Gasteiger charge is -2.36. The summed E-state index contributed by atoms with van der Waals surface area (Å²) in [5, 5.41) is 0. The van der Waals surface area contributed by atoms with Crippen molar-refractivity contribution in [1.82, 2.24) is 9.88 Å². The molecule has 1 aromatic rings. The Bertz CT molecular complexity index is 456. The zero-order valence-electron chi connectivity index (χ0n) is 13.0. The molecule has 0 aromatic carbocycles. The number of likely N-dealkylation sites (tertiary alicyclic amines) is 1. The van der Waals surface area contributed by atoms with Crippen LogP contribution in [0.15, 0.2) is 24.4 Å². The molecule has 116 valence electrons. The number of amides is 1. The minimum Gasteiger partial charge on any atom is -0.475 e. The van der Waals surface area contributed by atoms with E-state index in [1.807, 2.05) is 39.0 Å². The van der Waals surface area contributed by atoms with Gasteiger partial charge in [0.05, 0.1) is 6.04 Å². The summed E-state index contributed by atoms with van der Waals surface area (Å²) in [4.78, 5) is 18.2. The third-order valence-corrected chi connectivity index (χ3v) is 3.32. The van der Waals surface area contributed by atoms with Gasteiger partial charge in [0.25, 0.3) is 0 Å². The summed E-state index contributed by atoms with van der Waals surface area (Å²) >= 11 is 0. The number of carbonyl (C=O) groups is 1. The number of pyridine rings is 1. The van der Waals surface area contributed by atoms with Crippen LogP contribution in [0.5, 0.6) is 5.88 Å². The average Bonchev–Trinajstić information content (AvgIpc) is 2.45. The van der Waals surface area contributed by atoms with Crippen molar-refractivity contribution in [2.45, 2.75) is 51.7 Å². The number of ether oxygens (including phenoxy) is 2. The molecule has 1 unspecified atom stereocenters. The maximum Gasteiger partial charge on any atom is 0.410 e. The Morgan fingerprint density at radius 2 is 2.19 bits per heavy atom. The van der Waals surface area contributed by atoms with Crippen molar-refractivity contribution in [3.63, 3.8) is 0 Å². The third-order valence-electron chi connectivity index (χ3n) is 3.32.